The molecule has 1 aromatic heterocycles. The molecule has 0 bridgehead atoms. The Kier molecular flexibility index (Phi) is 5.99. The minimum Gasteiger partial charge on any atom is -0.356 e. The van der Waals surface area contributed by atoms with Gasteiger partial charge in [0.05, 0.1) is 0 Å². The second kappa shape index (κ2) is 7.98. The van der Waals surface area contributed by atoms with Gasteiger partial charge < -0.3 is 10.2 Å². The molecule has 0 aliphatic heterocycles. The third-order valence-corrected chi connectivity index (χ3v) is 3.58. The predicted octanol–water partition coefficient (Wildman–Crippen LogP) is 4.61. The summed E-state index contributed by atoms with van der Waals surface area (Å²) in [5, 5.41) is 3.24. The van der Waals surface area contributed by atoms with Crippen molar-refractivity contribution in [2.24, 2.45) is 0 Å². The molecule has 1 heterocycles. The fourth-order valence-corrected chi connectivity index (χ4v) is 2.39. The SMILES string of the molecule is CCCN(CCC)c1ccnc(Nc2ccc(Br)cc2)n1. The molecule has 0 spiro atoms. The highest BCUT2D eigenvalue weighted by Gasteiger charge is 2.07. The number of anilines is 3. The first-order chi connectivity index (χ1) is 10.2. The summed E-state index contributed by atoms with van der Waals surface area (Å²) >= 11 is 3.43. The fraction of sp³-hybridized carbons (Fsp3) is 0.375. The van der Waals surface area contributed by atoms with Crippen molar-refractivity contribution in [1.29, 1.82) is 0 Å². The van der Waals surface area contributed by atoms with Gasteiger partial charge in [-0.25, -0.2) is 4.98 Å². The zero-order chi connectivity index (χ0) is 15.1. The first kappa shape index (κ1) is 15.8. The highest BCUT2D eigenvalue weighted by Crippen LogP contribution is 2.19. The Morgan fingerprint density at radius 3 is 2.33 bits per heavy atom. The molecular formula is C16H21BrN4. The van der Waals surface area contributed by atoms with Gasteiger partial charge in [0.1, 0.15) is 5.82 Å². The average Bonchev–Trinajstić information content (AvgIpc) is 2.50. The summed E-state index contributed by atoms with van der Waals surface area (Å²) in [6.45, 7) is 6.40. The average molecular weight is 349 g/mol. The highest BCUT2D eigenvalue weighted by atomic mass is 79.9. The van der Waals surface area contributed by atoms with Gasteiger partial charge in [-0.15, -0.1) is 0 Å². The summed E-state index contributed by atoms with van der Waals surface area (Å²) in [5.74, 6) is 1.61. The molecule has 0 unspecified atom stereocenters. The second-order valence-corrected chi connectivity index (χ2v) is 5.77. The van der Waals surface area contributed by atoms with E-state index in [1.807, 2.05) is 36.5 Å². The van der Waals surface area contributed by atoms with Gasteiger partial charge in [-0.2, -0.15) is 4.98 Å². The van der Waals surface area contributed by atoms with Gasteiger partial charge in [0, 0.05) is 29.4 Å². The lowest BCUT2D eigenvalue weighted by molar-refractivity contribution is 0.733. The van der Waals surface area contributed by atoms with Crippen molar-refractivity contribution < 1.29 is 0 Å². The molecule has 0 saturated heterocycles. The smallest absolute Gasteiger partial charge is 0.229 e. The van der Waals surface area contributed by atoms with E-state index in [9.17, 15) is 0 Å². The highest BCUT2D eigenvalue weighted by molar-refractivity contribution is 9.10. The molecule has 5 heteroatoms. The topological polar surface area (TPSA) is 41.1 Å². The molecule has 1 aromatic carbocycles. The lowest BCUT2D eigenvalue weighted by Gasteiger charge is -2.22. The predicted molar refractivity (Wildman–Crippen MR) is 92.3 cm³/mol. The number of aromatic nitrogens is 2. The van der Waals surface area contributed by atoms with Crippen LogP contribution >= 0.6 is 15.9 Å². The Hall–Kier alpha value is -1.62. The quantitative estimate of drug-likeness (QED) is 0.793. The zero-order valence-electron chi connectivity index (χ0n) is 12.5. The fourth-order valence-electron chi connectivity index (χ4n) is 2.13. The van der Waals surface area contributed by atoms with E-state index < -0.39 is 0 Å². The van der Waals surface area contributed by atoms with Crippen molar-refractivity contribution >= 4 is 33.4 Å². The molecular weight excluding hydrogens is 328 g/mol. The molecule has 0 atom stereocenters. The maximum Gasteiger partial charge on any atom is 0.229 e. The number of hydrogen-bond donors (Lipinski definition) is 1. The molecule has 0 aliphatic rings. The van der Waals surface area contributed by atoms with Gasteiger partial charge in [-0.1, -0.05) is 29.8 Å². The van der Waals surface area contributed by atoms with Crippen LogP contribution in [0.5, 0.6) is 0 Å². The maximum absolute atomic E-state index is 4.62. The number of benzene rings is 1. The lowest BCUT2D eigenvalue weighted by atomic mass is 10.3. The number of nitrogens with one attached hydrogen (secondary N) is 1. The number of rotatable bonds is 7. The number of nitrogens with zero attached hydrogens (tertiary/aromatic N) is 3. The van der Waals surface area contributed by atoms with Crippen LogP contribution in [0.15, 0.2) is 41.0 Å². The Morgan fingerprint density at radius 2 is 1.71 bits per heavy atom. The van der Waals surface area contributed by atoms with Crippen molar-refractivity contribution in [2.45, 2.75) is 26.7 Å². The molecule has 0 aliphatic carbocycles. The summed E-state index contributed by atoms with van der Waals surface area (Å²) < 4.78 is 1.06. The van der Waals surface area contributed by atoms with E-state index in [1.54, 1.807) is 0 Å². The van der Waals surface area contributed by atoms with Crippen LogP contribution < -0.4 is 10.2 Å². The molecule has 0 saturated carbocycles. The maximum atomic E-state index is 4.62. The largest absolute Gasteiger partial charge is 0.356 e. The molecule has 0 amide bonds. The van der Waals surface area contributed by atoms with E-state index in [-0.39, 0.29) is 0 Å². The third kappa shape index (κ3) is 4.70. The molecule has 0 fully saturated rings. The van der Waals surface area contributed by atoms with E-state index in [2.05, 4.69) is 50.0 Å². The van der Waals surface area contributed by atoms with Gasteiger partial charge in [-0.05, 0) is 43.2 Å². The van der Waals surface area contributed by atoms with Crippen LogP contribution in [-0.2, 0) is 0 Å². The van der Waals surface area contributed by atoms with Gasteiger partial charge in [0.15, 0.2) is 0 Å². The second-order valence-electron chi connectivity index (χ2n) is 4.86. The molecule has 0 radical (unpaired) electrons. The first-order valence-electron chi connectivity index (χ1n) is 7.33. The van der Waals surface area contributed by atoms with Crippen molar-refractivity contribution in [3.8, 4) is 0 Å². The molecule has 2 rings (SSSR count). The minimum absolute atomic E-state index is 0.632. The minimum atomic E-state index is 0.632. The van der Waals surface area contributed by atoms with E-state index in [0.29, 0.717) is 5.95 Å². The van der Waals surface area contributed by atoms with Crippen LogP contribution in [0.4, 0.5) is 17.5 Å². The summed E-state index contributed by atoms with van der Waals surface area (Å²) in [6.07, 6.45) is 4.03. The Morgan fingerprint density at radius 1 is 1.05 bits per heavy atom. The Labute approximate surface area is 134 Å². The van der Waals surface area contributed by atoms with Crippen LogP contribution in [0.25, 0.3) is 0 Å². The Balaban J connectivity index is 2.14. The summed E-state index contributed by atoms with van der Waals surface area (Å²) in [4.78, 5) is 11.2. The van der Waals surface area contributed by atoms with Gasteiger partial charge in [0.25, 0.3) is 0 Å². The molecule has 21 heavy (non-hydrogen) atoms. The van der Waals surface area contributed by atoms with E-state index >= 15 is 0 Å². The van der Waals surface area contributed by atoms with Crippen LogP contribution in [-0.4, -0.2) is 23.1 Å². The van der Waals surface area contributed by atoms with Gasteiger partial charge in [0.2, 0.25) is 5.95 Å². The third-order valence-electron chi connectivity index (χ3n) is 3.05. The van der Waals surface area contributed by atoms with Crippen LogP contribution in [0.2, 0.25) is 0 Å². The van der Waals surface area contributed by atoms with E-state index in [1.165, 1.54) is 0 Å². The number of halogens is 1. The van der Waals surface area contributed by atoms with Crippen LogP contribution in [0.3, 0.4) is 0 Å². The van der Waals surface area contributed by atoms with Gasteiger partial charge in [-0.3, -0.25) is 0 Å². The summed E-state index contributed by atoms with van der Waals surface area (Å²) in [7, 11) is 0. The van der Waals surface area contributed by atoms with Gasteiger partial charge >= 0.3 is 0 Å². The summed E-state index contributed by atoms with van der Waals surface area (Å²) in [5.41, 5.74) is 0.980. The van der Waals surface area contributed by atoms with Crippen LogP contribution in [0.1, 0.15) is 26.7 Å². The van der Waals surface area contributed by atoms with Crippen LogP contribution in [0, 0.1) is 0 Å². The number of hydrogen-bond acceptors (Lipinski definition) is 4. The monoisotopic (exact) mass is 348 g/mol. The molecule has 2 aromatic rings. The lowest BCUT2D eigenvalue weighted by Crippen LogP contribution is -2.26. The Bertz CT molecular complexity index is 550. The van der Waals surface area contributed by atoms with Crippen molar-refractivity contribution in [2.75, 3.05) is 23.3 Å². The standard InChI is InChI=1S/C16H21BrN4/c1-3-11-21(12-4-2)15-9-10-18-16(20-15)19-14-7-5-13(17)6-8-14/h5-10H,3-4,11-12H2,1-2H3,(H,18,19,20). The molecule has 4 nitrogen and oxygen atoms in total. The molecule has 112 valence electrons. The normalized spacial score (nSPS) is 10.4. The van der Waals surface area contributed by atoms with Crippen molar-refractivity contribution in [1.82, 2.24) is 9.97 Å². The van der Waals surface area contributed by atoms with E-state index in [4.69, 9.17) is 0 Å². The van der Waals surface area contributed by atoms with Crippen molar-refractivity contribution in [3.63, 3.8) is 0 Å². The zero-order valence-corrected chi connectivity index (χ0v) is 14.1. The molecule has 1 N–H and O–H groups in total. The van der Waals surface area contributed by atoms with E-state index in [0.717, 1.165) is 41.9 Å². The first-order valence-corrected chi connectivity index (χ1v) is 8.12. The summed E-state index contributed by atoms with van der Waals surface area (Å²) in [6, 6.07) is 9.95. The van der Waals surface area contributed by atoms with Crippen molar-refractivity contribution in [3.05, 3.63) is 41.0 Å².